The van der Waals surface area contributed by atoms with E-state index in [9.17, 15) is 0 Å². The first kappa shape index (κ1) is 8.38. The van der Waals surface area contributed by atoms with Crippen LogP contribution in [0.4, 0.5) is 0 Å². The van der Waals surface area contributed by atoms with E-state index in [4.69, 9.17) is 16.0 Å². The predicted molar refractivity (Wildman–Crippen MR) is 58.7 cm³/mol. The van der Waals surface area contributed by atoms with Crippen molar-refractivity contribution in [2.24, 2.45) is 0 Å². The maximum Gasteiger partial charge on any atom is 0.149 e. The summed E-state index contributed by atoms with van der Waals surface area (Å²) < 4.78 is 6.58. The quantitative estimate of drug-likeness (QED) is 0.669. The van der Waals surface area contributed by atoms with Crippen LogP contribution in [0, 0.1) is 10.5 Å². The number of furan rings is 1. The molecule has 3 heteroatoms. The first-order valence-electron chi connectivity index (χ1n) is 3.52. The monoisotopic (exact) mass is 292 g/mol. The average Bonchev–Trinajstić information content (AvgIpc) is 2.41. The number of aryl methyl sites for hydroxylation is 1. The standard InChI is InChI=1S/C9H6ClIO/c1-5-4-6-7(10)2-3-8(11)9(6)12-5/h2-4H,1H3. The molecule has 0 aliphatic heterocycles. The summed E-state index contributed by atoms with van der Waals surface area (Å²) in [6.45, 7) is 1.92. The van der Waals surface area contributed by atoms with Gasteiger partial charge in [-0.05, 0) is 47.7 Å². The van der Waals surface area contributed by atoms with E-state index in [1.165, 1.54) is 0 Å². The van der Waals surface area contributed by atoms with Gasteiger partial charge in [-0.3, -0.25) is 0 Å². The summed E-state index contributed by atoms with van der Waals surface area (Å²) in [5, 5.41) is 1.75. The first-order chi connectivity index (χ1) is 5.68. The zero-order valence-electron chi connectivity index (χ0n) is 6.40. The van der Waals surface area contributed by atoms with Gasteiger partial charge in [0, 0.05) is 5.39 Å². The van der Waals surface area contributed by atoms with Crippen LogP contribution >= 0.6 is 34.2 Å². The molecule has 0 unspecified atom stereocenters. The topological polar surface area (TPSA) is 13.1 Å². The van der Waals surface area contributed by atoms with Gasteiger partial charge in [0.2, 0.25) is 0 Å². The van der Waals surface area contributed by atoms with Gasteiger partial charge in [0.25, 0.3) is 0 Å². The summed E-state index contributed by atoms with van der Waals surface area (Å²) in [5.41, 5.74) is 0.889. The van der Waals surface area contributed by atoms with Crippen molar-refractivity contribution in [3.8, 4) is 0 Å². The molecule has 1 nitrogen and oxygen atoms in total. The van der Waals surface area contributed by atoms with Crippen LogP contribution in [-0.4, -0.2) is 0 Å². The Hall–Kier alpha value is -0.220. The fraction of sp³-hybridized carbons (Fsp3) is 0.111. The normalized spacial score (nSPS) is 10.9. The lowest BCUT2D eigenvalue weighted by Gasteiger charge is -1.93. The van der Waals surface area contributed by atoms with Crippen LogP contribution in [0.2, 0.25) is 5.02 Å². The third-order valence-corrected chi connectivity index (χ3v) is 2.88. The molecular formula is C9H6ClIO. The molecule has 0 fully saturated rings. The zero-order chi connectivity index (χ0) is 8.72. The Labute approximate surface area is 88.8 Å². The van der Waals surface area contributed by atoms with Crippen molar-refractivity contribution in [2.45, 2.75) is 6.92 Å². The Bertz CT molecular complexity index is 394. The lowest BCUT2D eigenvalue weighted by molar-refractivity contribution is 0.577. The molecule has 2 aromatic rings. The summed E-state index contributed by atoms with van der Waals surface area (Å²) in [4.78, 5) is 0. The molecule has 0 aliphatic rings. The molecule has 0 aliphatic carbocycles. The number of hydrogen-bond acceptors (Lipinski definition) is 1. The van der Waals surface area contributed by atoms with Crippen LogP contribution in [0.1, 0.15) is 5.76 Å². The largest absolute Gasteiger partial charge is 0.460 e. The van der Waals surface area contributed by atoms with Gasteiger partial charge < -0.3 is 4.42 Å². The second-order valence-corrected chi connectivity index (χ2v) is 4.20. The van der Waals surface area contributed by atoms with Gasteiger partial charge in [-0.15, -0.1) is 0 Å². The van der Waals surface area contributed by atoms with Crippen LogP contribution < -0.4 is 0 Å². The summed E-state index contributed by atoms with van der Waals surface area (Å²) in [6, 6.07) is 5.80. The summed E-state index contributed by atoms with van der Waals surface area (Å²) in [7, 11) is 0. The number of halogens is 2. The lowest BCUT2D eigenvalue weighted by Crippen LogP contribution is -1.71. The predicted octanol–water partition coefficient (Wildman–Crippen LogP) is 4.00. The Morgan fingerprint density at radius 1 is 1.42 bits per heavy atom. The highest BCUT2D eigenvalue weighted by Gasteiger charge is 2.06. The Balaban J connectivity index is 2.93. The minimum absolute atomic E-state index is 0.752. The SMILES string of the molecule is Cc1cc2c(Cl)ccc(I)c2o1. The summed E-state index contributed by atoms with van der Waals surface area (Å²) in [6.07, 6.45) is 0. The van der Waals surface area contributed by atoms with E-state index < -0.39 is 0 Å². The van der Waals surface area contributed by atoms with E-state index in [0.717, 1.165) is 25.3 Å². The van der Waals surface area contributed by atoms with E-state index in [1.807, 2.05) is 25.1 Å². The van der Waals surface area contributed by atoms with Crippen LogP contribution in [0.25, 0.3) is 11.0 Å². The fourth-order valence-electron chi connectivity index (χ4n) is 1.18. The molecular weight excluding hydrogens is 286 g/mol. The lowest BCUT2D eigenvalue weighted by atomic mass is 10.2. The molecule has 0 amide bonds. The number of benzene rings is 1. The van der Waals surface area contributed by atoms with E-state index in [0.29, 0.717) is 0 Å². The minimum atomic E-state index is 0.752. The van der Waals surface area contributed by atoms with Crippen LogP contribution in [0.5, 0.6) is 0 Å². The van der Waals surface area contributed by atoms with Gasteiger partial charge in [0.1, 0.15) is 11.3 Å². The number of hydrogen-bond donors (Lipinski definition) is 0. The van der Waals surface area contributed by atoms with Gasteiger partial charge in [-0.2, -0.15) is 0 Å². The fourth-order valence-corrected chi connectivity index (χ4v) is 1.96. The van der Waals surface area contributed by atoms with Gasteiger partial charge in [-0.25, -0.2) is 0 Å². The summed E-state index contributed by atoms with van der Waals surface area (Å²) in [5.74, 6) is 0.899. The van der Waals surface area contributed by atoms with Gasteiger partial charge in [-0.1, -0.05) is 11.6 Å². The molecule has 0 saturated carbocycles. The van der Waals surface area contributed by atoms with Crippen molar-refractivity contribution in [3.05, 3.63) is 32.6 Å². The Morgan fingerprint density at radius 3 is 2.83 bits per heavy atom. The van der Waals surface area contributed by atoms with Crippen LogP contribution in [-0.2, 0) is 0 Å². The maximum atomic E-state index is 5.98. The maximum absolute atomic E-state index is 5.98. The molecule has 2 rings (SSSR count). The average molecular weight is 293 g/mol. The van der Waals surface area contributed by atoms with E-state index in [2.05, 4.69) is 22.6 Å². The molecule has 62 valence electrons. The summed E-state index contributed by atoms with van der Waals surface area (Å²) >= 11 is 8.21. The van der Waals surface area contributed by atoms with Gasteiger partial charge >= 0.3 is 0 Å². The third kappa shape index (κ3) is 1.23. The third-order valence-electron chi connectivity index (χ3n) is 1.71. The molecule has 0 atom stereocenters. The second-order valence-electron chi connectivity index (χ2n) is 2.63. The van der Waals surface area contributed by atoms with Crippen LogP contribution in [0.3, 0.4) is 0 Å². The Morgan fingerprint density at radius 2 is 2.17 bits per heavy atom. The van der Waals surface area contributed by atoms with Crippen molar-refractivity contribution >= 4 is 45.2 Å². The van der Waals surface area contributed by atoms with Crippen molar-refractivity contribution in [2.75, 3.05) is 0 Å². The highest BCUT2D eigenvalue weighted by atomic mass is 127. The second kappa shape index (κ2) is 2.92. The van der Waals surface area contributed by atoms with Gasteiger partial charge in [0.05, 0.1) is 8.59 Å². The van der Waals surface area contributed by atoms with Crippen LogP contribution in [0.15, 0.2) is 22.6 Å². The Kier molecular flexibility index (Phi) is 2.04. The van der Waals surface area contributed by atoms with E-state index in [-0.39, 0.29) is 0 Å². The highest BCUT2D eigenvalue weighted by Crippen LogP contribution is 2.29. The molecule has 0 spiro atoms. The number of fused-ring (bicyclic) bond motifs is 1. The zero-order valence-corrected chi connectivity index (χ0v) is 9.31. The van der Waals surface area contributed by atoms with E-state index in [1.54, 1.807) is 0 Å². The molecule has 0 N–H and O–H groups in total. The molecule has 1 aromatic carbocycles. The van der Waals surface area contributed by atoms with Crippen molar-refractivity contribution < 1.29 is 4.42 Å². The molecule has 0 saturated heterocycles. The first-order valence-corrected chi connectivity index (χ1v) is 4.98. The molecule has 0 radical (unpaired) electrons. The molecule has 12 heavy (non-hydrogen) atoms. The molecule has 0 bridgehead atoms. The van der Waals surface area contributed by atoms with E-state index >= 15 is 0 Å². The van der Waals surface area contributed by atoms with Gasteiger partial charge in [0.15, 0.2) is 0 Å². The smallest absolute Gasteiger partial charge is 0.149 e. The van der Waals surface area contributed by atoms with Crippen molar-refractivity contribution in [3.63, 3.8) is 0 Å². The highest BCUT2D eigenvalue weighted by molar-refractivity contribution is 14.1. The van der Waals surface area contributed by atoms with Crippen molar-refractivity contribution in [1.29, 1.82) is 0 Å². The molecule has 1 heterocycles. The molecule has 1 aromatic heterocycles. The minimum Gasteiger partial charge on any atom is -0.460 e. The van der Waals surface area contributed by atoms with Crippen molar-refractivity contribution in [1.82, 2.24) is 0 Å². The number of rotatable bonds is 0.